The van der Waals surface area contributed by atoms with Crippen LogP contribution in [0.3, 0.4) is 0 Å². The molecule has 0 aromatic rings. The van der Waals surface area contributed by atoms with E-state index in [2.05, 4.69) is 487 Å². The first-order valence-corrected chi connectivity index (χ1v) is 56.9. The van der Waals surface area contributed by atoms with Crippen LogP contribution in [0.5, 0.6) is 0 Å². The molecule has 0 aromatic carbocycles. The second-order valence-electron chi connectivity index (χ2n) is 56.4. The topological polar surface area (TPSA) is 0 Å². The largest absolute Gasteiger partial charge is 0.0593 e. The van der Waals surface area contributed by atoms with Crippen molar-refractivity contribution in [1.82, 2.24) is 0 Å². The van der Waals surface area contributed by atoms with Crippen LogP contribution in [-0.4, -0.2) is 884 Å². The highest BCUT2D eigenvalue weighted by molar-refractivity contribution is 8.47. The molecule has 0 heterocycles. The second-order valence-corrected chi connectivity index (χ2v) is 56.4. The Bertz CT molecular complexity index is 2220. The number of hydrogen-bond acceptors (Lipinski definition) is 0. The molecule has 0 aliphatic rings. The fraction of sp³-hybridized carbons (Fsp3) is 0. The van der Waals surface area contributed by atoms with Gasteiger partial charge in [-0.2, -0.15) is 0 Å². The first-order chi connectivity index (χ1) is 56.9. The minimum Gasteiger partial charge on any atom is 0.000000114 e. The molecule has 0 fully saturated rings. The zero-order chi connectivity index (χ0) is 98.9. The van der Waals surface area contributed by atoms with Crippen molar-refractivity contribution in [2.45, 2.75) is 0 Å². The van der Waals surface area contributed by atoms with E-state index < -0.39 is 0 Å². The molecule has 0 nitrogen and oxygen atoms in total. The molecule has 0 atom stereocenters. The highest BCUT2D eigenvalue weighted by atomic mass is 13.5. The Morgan fingerprint density at radius 3 is 0.184 bits per heavy atom. The summed E-state index contributed by atoms with van der Waals surface area (Å²) in [5.41, 5.74) is 0. The molecule has 0 aromatic heterocycles. The highest BCUT2D eigenvalue weighted by Gasteiger charge is 2.72. The van der Waals surface area contributed by atoms with Gasteiger partial charge < -0.3 is 0 Å². The summed E-state index contributed by atoms with van der Waals surface area (Å²) in [6.45, 7) is 0. The van der Waals surface area contributed by atoms with Crippen molar-refractivity contribution in [2.75, 3.05) is 0 Å². The Kier molecular flexibility index (Phi) is 65.5. The van der Waals surface area contributed by atoms with Gasteiger partial charge in [-0.05, 0) is 0 Å². The predicted octanol–water partition coefficient (Wildman–Crippen LogP) is -81.6. The fourth-order valence-electron chi connectivity index (χ4n) is 36.9. The molecular formula is H127B125. The van der Waals surface area contributed by atoms with Crippen molar-refractivity contribution in [3.05, 3.63) is 0 Å². The average molecular weight is 1480 g/mol. The SMILES string of the molecule is BBB(B(B)B)B(B(B(B)B)B(B)B)B(B(B(B(B)B)B(B)B)B(B(B)B)B(B)B)B(B(B(B(B(B)B)B(B)B)B(B(B)B)B(B)B)B(B(B(B)B)B(B)B)B(B(B)B)B(B)B)B(B(B(B(B(B)B)B(B)B)B(B(B)B)B(B)B)B(B(B(B)B)B(B)B)B(B(B)B)B(B)B)B(B(B(B(B)B)B(B)B)B(B(B)B)B(B)B)B(B(B(B)B)B(B)B)B(B(B)B)B(B)B. The lowest BCUT2D eigenvalue weighted by Gasteiger charge is -2.64. The Morgan fingerprint density at radius 2 is 0.128 bits per heavy atom. The van der Waals surface area contributed by atoms with E-state index in [1.807, 2.05) is 0 Å². The summed E-state index contributed by atoms with van der Waals surface area (Å²) in [7, 11) is 181. The molecule has 0 saturated heterocycles. The van der Waals surface area contributed by atoms with Gasteiger partial charge in [0.25, 0.3) is 0 Å². The Labute approximate surface area is 874 Å². The molecule has 0 radical (unpaired) electrons. The van der Waals surface area contributed by atoms with Gasteiger partial charge in [0.15, 0.2) is 0 Å². The minimum atomic E-state index is 0.314. The molecule has 125 heteroatoms. The molecule has 125 heavy (non-hydrogen) atoms. The summed E-state index contributed by atoms with van der Waals surface area (Å²) in [5.74, 6) is 0. The summed E-state index contributed by atoms with van der Waals surface area (Å²) in [6.07, 6.45) is 28.2. The van der Waals surface area contributed by atoms with Crippen LogP contribution < -0.4 is 0 Å². The standard InChI is InChI=1S/B125H127/c1-64-96(65(2)3)112(97(66(4)5)67(6)7)120(113(98(68(8)9)69(10)11)99(70(12)13)71(14)15)124(121(114(100(72(16)17)73(18)19)101(74(20)21)75(22)23)115(102(76(24)25)77(26)27)103(78(28)29)79(30)31)125(122(116(104(80(32)33)81(34)35)105(82(36)37)83(38)39)117(106(84(40)41)85(42)43)107(86(44)45)87(46)47)123(118(108(88(48)49)89(50)51)109(90(52)53)91(54)55)119(110(92(56)57)93(58)59)111(94(60)61)95(62)63/h64H,1-63H2. The molecule has 0 N–H and O–H groups in total. The molecule has 0 spiro atoms. The Morgan fingerprint density at radius 1 is 0.0720 bits per heavy atom. The number of hydrogen-bond donors (Lipinski definition) is 0. The molecule has 502 valence electrons. The van der Waals surface area contributed by atoms with Crippen LogP contribution in [0.2, 0.25) is 0 Å². The lowest BCUT2D eigenvalue weighted by Crippen LogP contribution is -3.03. The van der Waals surface area contributed by atoms with Crippen LogP contribution >= 0.6 is 0 Å². The first kappa shape index (κ1) is 133. The minimum absolute atomic E-state index is 0.314. The molecule has 0 aliphatic heterocycles. The monoisotopic (exact) mass is 1500 g/mol. The summed E-state index contributed by atoms with van der Waals surface area (Å²) >= 11 is 0. The average Bonchev–Trinajstić information content (AvgIpc) is 0.699. The van der Waals surface area contributed by atoms with E-state index in [9.17, 15) is 0 Å². The Balaban J connectivity index is 17.1. The van der Waals surface area contributed by atoms with E-state index in [1.54, 1.807) is 0 Å². The molecule has 0 aliphatic carbocycles. The van der Waals surface area contributed by atoms with Gasteiger partial charge >= 0.3 is 0 Å². The first-order valence-electron chi connectivity index (χ1n) is 56.9. The van der Waals surface area contributed by atoms with Crippen molar-refractivity contribution >= 4 is 884 Å². The predicted molar refractivity (Wildman–Crippen MR) is 896 cm³/mol. The highest BCUT2D eigenvalue weighted by Crippen LogP contribution is 2.33. The number of rotatable bonds is 61. The summed E-state index contributed by atoms with van der Waals surface area (Å²) in [4.78, 5) is 0. The van der Waals surface area contributed by atoms with Crippen LogP contribution in [0.4, 0.5) is 0 Å². The maximum Gasteiger partial charge on any atom is 0.0593 e. The van der Waals surface area contributed by atoms with Crippen LogP contribution in [0.25, 0.3) is 0 Å². The second kappa shape index (κ2) is 61.5. The van der Waals surface area contributed by atoms with Crippen LogP contribution in [0.15, 0.2) is 0 Å². The third-order valence-corrected chi connectivity index (χ3v) is 37.4. The lowest BCUT2D eigenvalue weighted by molar-refractivity contribution is 3.11. The van der Waals surface area contributed by atoms with E-state index >= 15 is 0 Å². The normalized spacial score (nSPS) is 9.86. The quantitative estimate of drug-likeness (QED) is 0.0533. The van der Waals surface area contributed by atoms with Crippen molar-refractivity contribution in [3.63, 3.8) is 0 Å². The van der Waals surface area contributed by atoms with Gasteiger partial charge in [0.1, 0.15) is 0 Å². The molecule has 0 bridgehead atoms. The molecule has 0 amide bonds. The van der Waals surface area contributed by atoms with Crippen LogP contribution in [-0.2, 0) is 0 Å². The van der Waals surface area contributed by atoms with Gasteiger partial charge in [-0.3, -0.25) is 0 Å². The van der Waals surface area contributed by atoms with Crippen molar-refractivity contribution < 1.29 is 0 Å². The van der Waals surface area contributed by atoms with Crippen LogP contribution in [0, 0.1) is 0 Å². The molecule has 0 saturated carbocycles. The van der Waals surface area contributed by atoms with E-state index in [4.69, 9.17) is 0 Å². The zero-order valence-electron chi connectivity index (χ0n) is 98.9. The molecule has 0 rings (SSSR count). The van der Waals surface area contributed by atoms with Crippen LogP contribution in [0.1, 0.15) is 0 Å². The molecule has 0 unspecified atom stereocenters. The van der Waals surface area contributed by atoms with Crippen molar-refractivity contribution in [3.8, 4) is 0 Å². The van der Waals surface area contributed by atoms with Gasteiger partial charge in [0.2, 0.25) is 0 Å². The maximum absolute atomic E-state index is 2.85. The van der Waals surface area contributed by atoms with E-state index in [1.165, 1.54) is 7.06 Å². The summed E-state index contributed by atoms with van der Waals surface area (Å²) in [5, 5.41) is 0. The van der Waals surface area contributed by atoms with Gasteiger partial charge in [-0.25, -0.2) is 0 Å². The Hall–Kier alpha value is 8.12. The smallest absolute Gasteiger partial charge is 0.000000114 e. The van der Waals surface area contributed by atoms with Gasteiger partial charge in [0, 0.05) is 397 Å². The van der Waals surface area contributed by atoms with Gasteiger partial charge in [0.05, 0.1) is 487 Å². The summed E-state index contributed by atoms with van der Waals surface area (Å²) < 4.78 is 0. The fourth-order valence-corrected chi connectivity index (χ4v) is 36.9. The third kappa shape index (κ3) is 35.8. The van der Waals surface area contributed by atoms with Crippen molar-refractivity contribution in [1.29, 1.82) is 0 Å². The maximum atomic E-state index is 2.85. The van der Waals surface area contributed by atoms with E-state index in [0.29, 0.717) is 389 Å². The zero-order valence-corrected chi connectivity index (χ0v) is 98.9. The lowest BCUT2D eigenvalue weighted by atomic mass is 8.17. The van der Waals surface area contributed by atoms with Gasteiger partial charge in [-0.1, -0.05) is 0 Å². The van der Waals surface area contributed by atoms with Crippen molar-refractivity contribution in [2.24, 2.45) is 0 Å². The molecular weight excluding hydrogens is 1350 g/mol. The third-order valence-electron chi connectivity index (χ3n) is 37.4. The van der Waals surface area contributed by atoms with Gasteiger partial charge in [-0.15, -0.1) is 0 Å². The summed E-state index contributed by atoms with van der Waals surface area (Å²) in [6, 6.07) is 0. The van der Waals surface area contributed by atoms with E-state index in [0.717, 1.165) is 0 Å². The van der Waals surface area contributed by atoms with E-state index in [-0.39, 0.29) is 0 Å².